The van der Waals surface area contributed by atoms with Crippen LogP contribution in [-0.2, 0) is 11.2 Å². The summed E-state index contributed by atoms with van der Waals surface area (Å²) in [7, 11) is 0. The highest BCUT2D eigenvalue weighted by Gasteiger charge is 2.16. The van der Waals surface area contributed by atoms with Crippen molar-refractivity contribution in [3.8, 4) is 0 Å². The molecule has 0 aliphatic rings. The predicted molar refractivity (Wildman–Crippen MR) is 97.3 cm³/mol. The molecule has 0 saturated carbocycles. The van der Waals surface area contributed by atoms with Crippen molar-refractivity contribution in [2.24, 2.45) is 5.73 Å². The molecule has 0 aromatic heterocycles. The lowest BCUT2D eigenvalue weighted by molar-refractivity contribution is -0.385. The fraction of sp³-hybridized carbons (Fsp3) is 0.316. The summed E-state index contributed by atoms with van der Waals surface area (Å²) in [5.74, 6) is 0.162. The van der Waals surface area contributed by atoms with Gasteiger partial charge in [-0.05, 0) is 17.0 Å². The van der Waals surface area contributed by atoms with Crippen LogP contribution >= 0.6 is 0 Å². The number of nitro benzene ring substituents is 1. The number of carbonyl (C=O) groups excluding carboxylic acids is 1. The number of rotatable bonds is 7. The second-order valence-electron chi connectivity index (χ2n) is 6.29. The van der Waals surface area contributed by atoms with Gasteiger partial charge < -0.3 is 11.1 Å². The first-order chi connectivity index (χ1) is 11.9. The van der Waals surface area contributed by atoms with Gasteiger partial charge in [-0.2, -0.15) is 0 Å². The zero-order chi connectivity index (χ0) is 18.4. The number of carbonyl (C=O) groups is 1. The minimum Gasteiger partial charge on any atom is -0.354 e. The highest BCUT2D eigenvalue weighted by molar-refractivity contribution is 5.79. The van der Waals surface area contributed by atoms with Crippen molar-refractivity contribution in [2.75, 3.05) is 6.54 Å². The highest BCUT2D eigenvalue weighted by atomic mass is 16.6. The van der Waals surface area contributed by atoms with Crippen LogP contribution in [0.2, 0.25) is 0 Å². The molecule has 1 amide bonds. The average molecular weight is 341 g/mol. The maximum Gasteiger partial charge on any atom is 0.273 e. The van der Waals surface area contributed by atoms with Crippen LogP contribution < -0.4 is 11.1 Å². The molecular formula is C19H23N3O3. The Morgan fingerprint density at radius 3 is 2.32 bits per heavy atom. The topological polar surface area (TPSA) is 98.3 Å². The fourth-order valence-corrected chi connectivity index (χ4v) is 2.54. The van der Waals surface area contributed by atoms with E-state index >= 15 is 0 Å². The monoisotopic (exact) mass is 341 g/mol. The van der Waals surface area contributed by atoms with E-state index in [2.05, 4.69) is 19.2 Å². The van der Waals surface area contributed by atoms with Crippen LogP contribution in [0, 0.1) is 10.1 Å². The normalized spacial score (nSPS) is 12.0. The molecule has 0 heterocycles. The quantitative estimate of drug-likeness (QED) is 0.597. The summed E-state index contributed by atoms with van der Waals surface area (Å²) in [6.07, 6.45) is -0.0455. The largest absolute Gasteiger partial charge is 0.354 e. The van der Waals surface area contributed by atoms with Gasteiger partial charge in [-0.1, -0.05) is 56.3 Å². The second kappa shape index (κ2) is 8.39. The van der Waals surface area contributed by atoms with Crippen molar-refractivity contribution >= 4 is 11.6 Å². The van der Waals surface area contributed by atoms with Gasteiger partial charge in [-0.15, -0.1) is 0 Å². The Balaban J connectivity index is 1.92. The zero-order valence-corrected chi connectivity index (χ0v) is 14.4. The van der Waals surface area contributed by atoms with Gasteiger partial charge >= 0.3 is 0 Å². The predicted octanol–water partition coefficient (Wildman–Crippen LogP) is 3.08. The Bertz CT molecular complexity index is 742. The Kier molecular flexibility index (Phi) is 6.25. The van der Waals surface area contributed by atoms with E-state index in [1.165, 1.54) is 11.6 Å². The van der Waals surface area contributed by atoms with Crippen LogP contribution in [0.3, 0.4) is 0 Å². The molecule has 3 N–H and O–H groups in total. The number of nitrogens with zero attached hydrogens (tertiary/aromatic N) is 1. The summed E-state index contributed by atoms with van der Waals surface area (Å²) in [6, 6.07) is 13.9. The average Bonchev–Trinajstić information content (AvgIpc) is 2.60. The van der Waals surface area contributed by atoms with E-state index in [9.17, 15) is 14.9 Å². The molecule has 0 aliphatic heterocycles. The van der Waals surface area contributed by atoms with Crippen molar-refractivity contribution in [3.63, 3.8) is 0 Å². The molecule has 6 nitrogen and oxygen atoms in total. The molecule has 0 fully saturated rings. The minimum atomic E-state index is -0.482. The van der Waals surface area contributed by atoms with Crippen LogP contribution in [0.1, 0.15) is 42.5 Å². The van der Waals surface area contributed by atoms with Crippen molar-refractivity contribution in [3.05, 3.63) is 75.3 Å². The number of benzene rings is 2. The third-order valence-electron chi connectivity index (χ3n) is 4.09. The van der Waals surface area contributed by atoms with Gasteiger partial charge in [0.05, 0.1) is 11.3 Å². The summed E-state index contributed by atoms with van der Waals surface area (Å²) >= 11 is 0. The number of para-hydroxylation sites is 1. The van der Waals surface area contributed by atoms with E-state index < -0.39 is 4.92 Å². The van der Waals surface area contributed by atoms with E-state index in [0.717, 1.165) is 5.56 Å². The molecular weight excluding hydrogens is 318 g/mol. The molecule has 2 aromatic carbocycles. The first kappa shape index (κ1) is 18.6. The summed E-state index contributed by atoms with van der Waals surface area (Å²) < 4.78 is 0. The number of nitrogens with one attached hydrogen (secondary N) is 1. The Labute approximate surface area is 147 Å². The van der Waals surface area contributed by atoms with E-state index in [0.29, 0.717) is 11.5 Å². The molecule has 0 spiro atoms. The maximum absolute atomic E-state index is 12.1. The fourth-order valence-electron chi connectivity index (χ4n) is 2.54. The maximum atomic E-state index is 12.1. The van der Waals surface area contributed by atoms with Crippen LogP contribution in [0.4, 0.5) is 5.69 Å². The van der Waals surface area contributed by atoms with Crippen LogP contribution in [-0.4, -0.2) is 17.4 Å². The van der Waals surface area contributed by atoms with E-state index in [-0.39, 0.29) is 30.6 Å². The lowest BCUT2D eigenvalue weighted by Crippen LogP contribution is -2.33. The summed E-state index contributed by atoms with van der Waals surface area (Å²) in [6.45, 7) is 4.52. The highest BCUT2D eigenvalue weighted by Crippen LogP contribution is 2.19. The first-order valence-electron chi connectivity index (χ1n) is 8.23. The van der Waals surface area contributed by atoms with Gasteiger partial charge in [-0.25, -0.2) is 0 Å². The standard InChI is InChI=1S/C19H23N3O3/c1-13(2)14-7-9-15(10-8-14)17(20)12-21-19(23)11-16-5-3-4-6-18(16)22(24)25/h3-10,13,17H,11-12,20H2,1-2H3,(H,21,23). The van der Waals surface area contributed by atoms with Crippen molar-refractivity contribution in [1.82, 2.24) is 5.32 Å². The van der Waals surface area contributed by atoms with Gasteiger partial charge in [0.25, 0.3) is 5.69 Å². The van der Waals surface area contributed by atoms with E-state index in [1.54, 1.807) is 18.2 Å². The molecule has 0 saturated heterocycles. The lowest BCUT2D eigenvalue weighted by Gasteiger charge is -2.14. The summed E-state index contributed by atoms with van der Waals surface area (Å²) in [5, 5.41) is 13.7. The molecule has 6 heteroatoms. The van der Waals surface area contributed by atoms with Gasteiger partial charge in [-0.3, -0.25) is 14.9 Å². The van der Waals surface area contributed by atoms with Crippen LogP contribution in [0.25, 0.3) is 0 Å². The smallest absolute Gasteiger partial charge is 0.273 e. The second-order valence-corrected chi connectivity index (χ2v) is 6.29. The molecule has 132 valence electrons. The van der Waals surface area contributed by atoms with Crippen molar-refractivity contribution in [1.29, 1.82) is 0 Å². The number of nitro groups is 1. The Morgan fingerprint density at radius 2 is 1.72 bits per heavy atom. The third kappa shape index (κ3) is 5.12. The molecule has 2 rings (SSSR count). The number of nitrogens with two attached hydrogens (primary N) is 1. The Hall–Kier alpha value is -2.73. The van der Waals surface area contributed by atoms with Gasteiger partial charge in [0.2, 0.25) is 5.91 Å². The summed E-state index contributed by atoms with van der Waals surface area (Å²) in [5.41, 5.74) is 8.63. The van der Waals surface area contributed by atoms with Gasteiger partial charge in [0, 0.05) is 24.2 Å². The van der Waals surface area contributed by atoms with Crippen LogP contribution in [0.5, 0.6) is 0 Å². The van der Waals surface area contributed by atoms with Crippen molar-refractivity contribution in [2.45, 2.75) is 32.2 Å². The van der Waals surface area contributed by atoms with E-state index in [1.807, 2.05) is 24.3 Å². The van der Waals surface area contributed by atoms with Crippen LogP contribution in [0.15, 0.2) is 48.5 Å². The van der Waals surface area contributed by atoms with Crippen molar-refractivity contribution < 1.29 is 9.72 Å². The lowest BCUT2D eigenvalue weighted by atomic mass is 9.99. The van der Waals surface area contributed by atoms with Gasteiger partial charge in [0.1, 0.15) is 0 Å². The summed E-state index contributed by atoms with van der Waals surface area (Å²) in [4.78, 5) is 22.6. The molecule has 1 atom stereocenters. The number of amides is 1. The molecule has 25 heavy (non-hydrogen) atoms. The number of hydrogen-bond acceptors (Lipinski definition) is 4. The molecule has 0 radical (unpaired) electrons. The molecule has 2 aromatic rings. The minimum absolute atomic E-state index is 0.0455. The zero-order valence-electron chi connectivity index (χ0n) is 14.4. The SMILES string of the molecule is CC(C)c1ccc(C(N)CNC(=O)Cc2ccccc2[N+](=O)[O-])cc1. The number of hydrogen-bond donors (Lipinski definition) is 2. The molecule has 0 aliphatic carbocycles. The Morgan fingerprint density at radius 1 is 1.12 bits per heavy atom. The first-order valence-corrected chi connectivity index (χ1v) is 8.23. The molecule has 1 unspecified atom stereocenters. The van der Waals surface area contributed by atoms with E-state index in [4.69, 9.17) is 5.73 Å². The molecule has 0 bridgehead atoms. The van der Waals surface area contributed by atoms with Gasteiger partial charge in [0.15, 0.2) is 0 Å². The third-order valence-corrected chi connectivity index (χ3v) is 4.09.